The summed E-state index contributed by atoms with van der Waals surface area (Å²) in [6.45, 7) is 9.04. The number of piperidine rings is 2. The zero-order chi connectivity index (χ0) is 32.0. The fourth-order valence-corrected chi connectivity index (χ4v) is 9.45. The number of likely N-dealkylation sites (tertiary alicyclic amines) is 2. The number of methoxy groups -OCH3 is 1. The van der Waals surface area contributed by atoms with Gasteiger partial charge in [-0.15, -0.1) is 0 Å². The standard InChI is InChI=1S/C34H48ClN3O6S/c1-26-21-31(42-3)22-27(2)33(26)45(40,41)38-16-5-4-11-30(38)24-43-25-32(39)37-17-12-34(13-18-37,28-9-8-10-29(35)23-28)44-20-19-36-14-6-7-15-36/h8-10,21-23,30H,4-7,11-20,24-25H2,1-3H3. The molecule has 3 heterocycles. The molecule has 0 aromatic heterocycles. The Hall–Kier alpha value is -2.21. The quantitative estimate of drug-likeness (QED) is 0.311. The summed E-state index contributed by atoms with van der Waals surface area (Å²) in [5.74, 6) is 0.552. The molecule has 5 rings (SSSR count). The topological polar surface area (TPSA) is 88.6 Å². The number of hydrogen-bond acceptors (Lipinski definition) is 7. The van der Waals surface area contributed by atoms with E-state index >= 15 is 0 Å². The van der Waals surface area contributed by atoms with Crippen LogP contribution in [0.2, 0.25) is 5.02 Å². The summed E-state index contributed by atoms with van der Waals surface area (Å²) in [4.78, 5) is 17.9. The number of amides is 1. The van der Waals surface area contributed by atoms with E-state index in [2.05, 4.69) is 11.0 Å². The third-order valence-corrected chi connectivity index (χ3v) is 12.1. The van der Waals surface area contributed by atoms with Crippen molar-refractivity contribution < 1.29 is 27.4 Å². The molecule has 1 atom stereocenters. The van der Waals surface area contributed by atoms with Gasteiger partial charge >= 0.3 is 0 Å². The lowest BCUT2D eigenvalue weighted by Gasteiger charge is -2.42. The molecule has 0 bridgehead atoms. The maximum atomic E-state index is 13.9. The Bertz CT molecular complexity index is 1400. The van der Waals surface area contributed by atoms with E-state index in [9.17, 15) is 13.2 Å². The second-order valence-corrected chi connectivity index (χ2v) is 14.9. The van der Waals surface area contributed by atoms with Gasteiger partial charge in [0.1, 0.15) is 12.4 Å². The number of sulfonamides is 1. The van der Waals surface area contributed by atoms with Crippen molar-refractivity contribution in [3.63, 3.8) is 0 Å². The van der Waals surface area contributed by atoms with Crippen molar-refractivity contribution in [3.8, 4) is 5.75 Å². The van der Waals surface area contributed by atoms with Gasteiger partial charge in [0.15, 0.2) is 0 Å². The van der Waals surface area contributed by atoms with Crippen molar-refractivity contribution in [2.24, 2.45) is 0 Å². The van der Waals surface area contributed by atoms with E-state index in [0.717, 1.165) is 38.0 Å². The van der Waals surface area contributed by atoms with Crippen LogP contribution in [0.3, 0.4) is 0 Å². The van der Waals surface area contributed by atoms with Crippen LogP contribution in [0.25, 0.3) is 0 Å². The first-order valence-electron chi connectivity index (χ1n) is 16.3. The molecule has 0 aliphatic carbocycles. The third-order valence-electron chi connectivity index (χ3n) is 9.60. The van der Waals surface area contributed by atoms with Crippen LogP contribution in [0.4, 0.5) is 0 Å². The number of aryl methyl sites for hydroxylation is 2. The van der Waals surface area contributed by atoms with Gasteiger partial charge in [-0.3, -0.25) is 4.79 Å². The first-order chi connectivity index (χ1) is 21.6. The predicted octanol–water partition coefficient (Wildman–Crippen LogP) is 5.16. The van der Waals surface area contributed by atoms with Crippen LogP contribution in [-0.4, -0.2) is 101 Å². The predicted molar refractivity (Wildman–Crippen MR) is 175 cm³/mol. The first kappa shape index (κ1) is 34.1. The number of benzene rings is 2. The SMILES string of the molecule is COc1cc(C)c(S(=O)(=O)N2CCCCC2COCC(=O)N2CCC(OCCN3CCCC3)(c3cccc(Cl)c3)CC2)c(C)c1. The molecule has 9 nitrogen and oxygen atoms in total. The molecule has 3 aliphatic heterocycles. The van der Waals surface area contributed by atoms with Crippen molar-refractivity contribution >= 4 is 27.5 Å². The van der Waals surface area contributed by atoms with Gasteiger partial charge in [-0.2, -0.15) is 4.31 Å². The van der Waals surface area contributed by atoms with Crippen LogP contribution in [-0.2, 0) is 29.9 Å². The van der Waals surface area contributed by atoms with E-state index in [4.69, 9.17) is 25.8 Å². The second kappa shape index (κ2) is 15.1. The molecular weight excluding hydrogens is 614 g/mol. The normalized spacial score (nSPS) is 21.2. The minimum absolute atomic E-state index is 0.0784. The highest BCUT2D eigenvalue weighted by atomic mass is 35.5. The average Bonchev–Trinajstić information content (AvgIpc) is 3.54. The monoisotopic (exact) mass is 661 g/mol. The number of carbonyl (C=O) groups is 1. The molecule has 0 saturated carbocycles. The molecule has 45 heavy (non-hydrogen) atoms. The first-order valence-corrected chi connectivity index (χ1v) is 18.1. The summed E-state index contributed by atoms with van der Waals surface area (Å²) in [7, 11) is -2.17. The van der Waals surface area contributed by atoms with Gasteiger partial charge in [0, 0.05) is 37.2 Å². The van der Waals surface area contributed by atoms with Crippen molar-refractivity contribution in [2.45, 2.75) is 75.3 Å². The van der Waals surface area contributed by atoms with Crippen molar-refractivity contribution in [1.29, 1.82) is 0 Å². The lowest BCUT2D eigenvalue weighted by Crippen LogP contribution is -2.49. The summed E-state index contributed by atoms with van der Waals surface area (Å²) in [5.41, 5.74) is 1.88. The smallest absolute Gasteiger partial charge is 0.248 e. The fraction of sp³-hybridized carbons (Fsp3) is 0.618. The fourth-order valence-electron chi connectivity index (χ4n) is 7.17. The van der Waals surface area contributed by atoms with Crippen molar-refractivity contribution in [3.05, 3.63) is 58.1 Å². The number of carbonyl (C=O) groups excluding carboxylic acids is 1. The minimum Gasteiger partial charge on any atom is -0.497 e. The molecule has 11 heteroatoms. The lowest BCUT2D eigenvalue weighted by atomic mass is 9.84. The second-order valence-electron chi connectivity index (χ2n) is 12.7. The zero-order valence-electron chi connectivity index (χ0n) is 26.9. The maximum Gasteiger partial charge on any atom is 0.248 e. The van der Waals surface area contributed by atoms with E-state index in [1.807, 2.05) is 23.1 Å². The summed E-state index contributed by atoms with van der Waals surface area (Å²) in [6.07, 6.45) is 6.25. The highest BCUT2D eigenvalue weighted by molar-refractivity contribution is 7.89. The Morgan fingerprint density at radius 3 is 2.33 bits per heavy atom. The summed E-state index contributed by atoms with van der Waals surface area (Å²) >= 11 is 6.37. The highest BCUT2D eigenvalue weighted by Crippen LogP contribution is 2.38. The molecular formula is C34H48ClN3O6S. The van der Waals surface area contributed by atoms with Crippen LogP contribution in [0.5, 0.6) is 5.75 Å². The molecule has 0 radical (unpaired) electrons. The van der Waals surface area contributed by atoms with Gasteiger partial charge in [0.25, 0.3) is 0 Å². The van der Waals surface area contributed by atoms with Gasteiger partial charge in [0.05, 0.1) is 30.8 Å². The average molecular weight is 662 g/mol. The van der Waals surface area contributed by atoms with Gasteiger partial charge in [-0.25, -0.2) is 8.42 Å². The van der Waals surface area contributed by atoms with E-state index < -0.39 is 15.6 Å². The molecule has 3 saturated heterocycles. The maximum absolute atomic E-state index is 13.9. The largest absolute Gasteiger partial charge is 0.497 e. The Kier molecular flexibility index (Phi) is 11.5. The van der Waals surface area contributed by atoms with Gasteiger partial charge in [-0.05, 0) is 106 Å². The van der Waals surface area contributed by atoms with E-state index in [1.165, 1.54) is 12.8 Å². The Labute approximate surface area is 273 Å². The Morgan fingerprint density at radius 1 is 0.978 bits per heavy atom. The Balaban J connectivity index is 1.18. The molecule has 0 spiro atoms. The van der Waals surface area contributed by atoms with E-state index in [-0.39, 0.29) is 25.2 Å². The minimum atomic E-state index is -3.75. The third kappa shape index (κ3) is 8.03. The molecule has 0 N–H and O–H groups in total. The Morgan fingerprint density at radius 2 is 1.67 bits per heavy atom. The number of rotatable bonds is 12. The molecule has 1 unspecified atom stereocenters. The molecule has 2 aromatic carbocycles. The molecule has 3 aliphatic rings. The van der Waals surface area contributed by atoms with Crippen LogP contribution in [0.15, 0.2) is 41.3 Å². The van der Waals surface area contributed by atoms with E-state index in [1.54, 1.807) is 37.4 Å². The van der Waals surface area contributed by atoms with Crippen LogP contribution in [0.1, 0.15) is 61.6 Å². The lowest BCUT2D eigenvalue weighted by molar-refractivity contribution is -0.144. The summed E-state index contributed by atoms with van der Waals surface area (Å²) in [6, 6.07) is 11.1. The number of nitrogens with zero attached hydrogens (tertiary/aromatic N) is 3. The number of halogens is 1. The van der Waals surface area contributed by atoms with Gasteiger partial charge < -0.3 is 24.0 Å². The number of hydrogen-bond donors (Lipinski definition) is 0. The molecule has 3 fully saturated rings. The molecule has 2 aromatic rings. The van der Waals surface area contributed by atoms with E-state index in [0.29, 0.717) is 72.3 Å². The number of ether oxygens (including phenoxy) is 3. The summed E-state index contributed by atoms with van der Waals surface area (Å²) in [5, 5.41) is 0.679. The summed E-state index contributed by atoms with van der Waals surface area (Å²) < 4.78 is 47.2. The molecule has 248 valence electrons. The van der Waals surface area contributed by atoms with Crippen LogP contribution < -0.4 is 4.74 Å². The van der Waals surface area contributed by atoms with Gasteiger partial charge in [0.2, 0.25) is 15.9 Å². The van der Waals surface area contributed by atoms with Crippen molar-refractivity contribution in [1.82, 2.24) is 14.1 Å². The zero-order valence-corrected chi connectivity index (χ0v) is 28.5. The van der Waals surface area contributed by atoms with Gasteiger partial charge in [-0.1, -0.05) is 30.2 Å². The van der Waals surface area contributed by atoms with Crippen molar-refractivity contribution in [2.75, 3.05) is 66.2 Å². The highest BCUT2D eigenvalue weighted by Gasteiger charge is 2.39. The molecule has 1 amide bonds. The van der Waals surface area contributed by atoms with Crippen LogP contribution in [0, 0.1) is 13.8 Å². The van der Waals surface area contributed by atoms with Crippen LogP contribution >= 0.6 is 11.6 Å².